The molecule has 45 heavy (non-hydrogen) atoms. The molecule has 3 heterocycles. The molecule has 6 aromatic rings. The van der Waals surface area contributed by atoms with E-state index in [4.69, 9.17) is 4.74 Å². The Hall–Kier alpha value is -4.73. The summed E-state index contributed by atoms with van der Waals surface area (Å²) in [4.78, 5) is 7.18. The lowest BCUT2D eigenvalue weighted by Crippen LogP contribution is -2.31. The van der Waals surface area contributed by atoms with E-state index in [2.05, 4.69) is 19.4 Å². The number of benzene rings is 3. The average Bonchev–Trinajstić information content (AvgIpc) is 3.80. The molecule has 0 saturated heterocycles. The van der Waals surface area contributed by atoms with Gasteiger partial charge in [0.1, 0.15) is 12.1 Å². The van der Waals surface area contributed by atoms with Crippen molar-refractivity contribution in [3.05, 3.63) is 96.1 Å². The molecule has 3 aromatic heterocycles. The summed E-state index contributed by atoms with van der Waals surface area (Å²) >= 11 is 0.906. The summed E-state index contributed by atoms with van der Waals surface area (Å²) in [5.41, 5.74) is 2.61. The largest absolute Gasteiger partial charge is 0.497 e. The van der Waals surface area contributed by atoms with E-state index in [1.807, 2.05) is 0 Å². The lowest BCUT2D eigenvalue weighted by Gasteiger charge is -2.23. The first-order valence-electron chi connectivity index (χ1n) is 13.4. The summed E-state index contributed by atoms with van der Waals surface area (Å²) in [6.07, 6.45) is -0.145. The first-order chi connectivity index (χ1) is 21.5. The number of ether oxygens (including phenoxy) is 1. The number of aromatic amines is 1. The maximum Gasteiger partial charge on any atom is 0.416 e. The number of aryl methyl sites for hydroxylation is 1. The number of hydrogen-bond acceptors (Lipinski definition) is 8. The summed E-state index contributed by atoms with van der Waals surface area (Å²) in [6.45, 7) is -0.469. The van der Waals surface area contributed by atoms with Crippen LogP contribution in [0.2, 0.25) is 0 Å². The molecular weight excluding hydrogens is 629 g/mol. The number of aromatic nitrogens is 5. The van der Waals surface area contributed by atoms with Gasteiger partial charge in [0.2, 0.25) is 5.13 Å². The number of aliphatic hydroxyl groups excluding tert-OH is 1. The van der Waals surface area contributed by atoms with Crippen LogP contribution >= 0.6 is 11.5 Å². The fourth-order valence-corrected chi connectivity index (χ4v) is 7.30. The summed E-state index contributed by atoms with van der Waals surface area (Å²) in [7, 11) is -1.07. The molecule has 0 amide bonds. The number of fused-ring (bicyclic) bond motifs is 1. The zero-order valence-corrected chi connectivity index (χ0v) is 25.4. The van der Waals surface area contributed by atoms with Gasteiger partial charge in [-0.15, -0.1) is 0 Å². The Kier molecular flexibility index (Phi) is 7.84. The molecule has 0 bridgehead atoms. The molecule has 0 spiro atoms. The van der Waals surface area contributed by atoms with Crippen molar-refractivity contribution in [3.63, 3.8) is 0 Å². The predicted molar refractivity (Wildman–Crippen MR) is 163 cm³/mol. The van der Waals surface area contributed by atoms with Gasteiger partial charge in [-0.25, -0.2) is 17.7 Å². The van der Waals surface area contributed by atoms with Crippen molar-refractivity contribution in [3.8, 4) is 28.1 Å². The fraction of sp³-hybridized carbons (Fsp3) is 0.167. The molecule has 0 aliphatic heterocycles. The first kappa shape index (κ1) is 30.3. The number of aliphatic hydroxyl groups is 1. The summed E-state index contributed by atoms with van der Waals surface area (Å²) in [5, 5.41) is 14.8. The molecule has 0 radical (unpaired) electrons. The van der Waals surface area contributed by atoms with Crippen LogP contribution in [0.15, 0.2) is 84.3 Å². The van der Waals surface area contributed by atoms with Crippen LogP contribution < -0.4 is 9.04 Å². The van der Waals surface area contributed by atoms with Crippen LogP contribution in [0.3, 0.4) is 0 Å². The van der Waals surface area contributed by atoms with Gasteiger partial charge in [-0.2, -0.15) is 22.6 Å². The first-order valence-corrected chi connectivity index (χ1v) is 15.6. The molecular formula is C30H25F3N6O4S2. The van der Waals surface area contributed by atoms with Gasteiger partial charge in [0.25, 0.3) is 10.0 Å². The Bertz CT molecular complexity index is 2110. The fourth-order valence-electron chi connectivity index (χ4n) is 5.14. The molecule has 0 fully saturated rings. The van der Waals surface area contributed by atoms with Crippen LogP contribution in [-0.4, -0.2) is 44.8 Å². The molecule has 0 aliphatic carbocycles. The van der Waals surface area contributed by atoms with Gasteiger partial charge < -0.3 is 14.8 Å². The quantitative estimate of drug-likeness (QED) is 0.196. The highest BCUT2D eigenvalue weighted by molar-refractivity contribution is 7.93. The van der Waals surface area contributed by atoms with Crippen molar-refractivity contribution in [1.29, 1.82) is 0 Å². The molecule has 232 valence electrons. The summed E-state index contributed by atoms with van der Waals surface area (Å²) in [6, 6.07) is 14.7. The molecule has 0 atom stereocenters. The van der Waals surface area contributed by atoms with Crippen LogP contribution in [0, 0.1) is 0 Å². The number of sulfonamides is 1. The number of H-pyrrole nitrogens is 1. The SMILES string of the molecule is COc1ccc(CN(c2ncns2)S(=O)(=O)c2ccc3c(-c4ccc(C(F)(F)F)cc4-c4ccnn4C)c[nH]c3c2)c(CO)c1. The number of nitrogens with one attached hydrogen (secondary N) is 1. The lowest BCUT2D eigenvalue weighted by molar-refractivity contribution is -0.137. The minimum absolute atomic E-state index is 0.0445. The molecule has 0 unspecified atom stereocenters. The van der Waals surface area contributed by atoms with Crippen molar-refractivity contribution < 1.29 is 31.4 Å². The topological polar surface area (TPSA) is 126 Å². The van der Waals surface area contributed by atoms with Crippen molar-refractivity contribution in [2.75, 3.05) is 11.4 Å². The molecule has 10 nitrogen and oxygen atoms in total. The van der Waals surface area contributed by atoms with E-state index in [-0.39, 0.29) is 23.2 Å². The highest BCUT2D eigenvalue weighted by atomic mass is 32.2. The zero-order chi connectivity index (χ0) is 31.9. The van der Waals surface area contributed by atoms with Crippen molar-refractivity contribution in [2.45, 2.75) is 24.2 Å². The van der Waals surface area contributed by atoms with Crippen molar-refractivity contribution >= 4 is 37.6 Å². The highest BCUT2D eigenvalue weighted by Gasteiger charge is 2.32. The second-order valence-corrected chi connectivity index (χ2v) is 12.7. The lowest BCUT2D eigenvalue weighted by atomic mass is 9.95. The zero-order valence-electron chi connectivity index (χ0n) is 23.8. The number of anilines is 1. The Morgan fingerprint density at radius 3 is 2.51 bits per heavy atom. The van der Waals surface area contributed by atoms with E-state index in [9.17, 15) is 26.7 Å². The molecule has 15 heteroatoms. The van der Waals surface area contributed by atoms with Gasteiger partial charge in [-0.3, -0.25) is 4.68 Å². The molecule has 6 rings (SSSR count). The van der Waals surface area contributed by atoms with Gasteiger partial charge in [-0.05, 0) is 59.2 Å². The van der Waals surface area contributed by atoms with Crippen LogP contribution in [0.5, 0.6) is 5.75 Å². The standard InChI is InChI=1S/C30H25F3N6O4S2/c1-38-28(9-10-36-38)25-12-20(30(31,32)33)4-7-23(25)26-14-34-27-13-22(6-8-24(26)27)45(41,42)39(29-35-17-37-44-29)15-18-3-5-21(43-2)11-19(18)16-40/h3-14,17,34,40H,15-16H2,1-2H3. The Morgan fingerprint density at radius 1 is 1.02 bits per heavy atom. The van der Waals surface area contributed by atoms with Gasteiger partial charge in [0.05, 0.1) is 36.4 Å². The maximum atomic E-state index is 14.1. The number of hydrogen-bond donors (Lipinski definition) is 2. The van der Waals surface area contributed by atoms with E-state index >= 15 is 0 Å². The third-order valence-electron chi connectivity index (χ3n) is 7.44. The number of methoxy groups -OCH3 is 1. The van der Waals surface area contributed by atoms with Crippen molar-refractivity contribution in [1.82, 2.24) is 24.1 Å². The monoisotopic (exact) mass is 654 g/mol. The number of rotatable bonds is 9. The molecule has 3 aromatic carbocycles. The number of alkyl halides is 3. The third-order valence-corrected chi connectivity index (χ3v) is 9.97. The summed E-state index contributed by atoms with van der Waals surface area (Å²) < 4.78 is 81.0. The van der Waals surface area contributed by atoms with Gasteiger partial charge >= 0.3 is 6.18 Å². The molecule has 0 saturated carbocycles. The molecule has 0 aliphatic rings. The minimum Gasteiger partial charge on any atom is -0.497 e. The predicted octanol–water partition coefficient (Wildman–Crippen LogP) is 6.00. The van der Waals surface area contributed by atoms with E-state index in [1.165, 1.54) is 42.5 Å². The third kappa shape index (κ3) is 5.65. The van der Waals surface area contributed by atoms with Gasteiger partial charge in [0, 0.05) is 53.0 Å². The summed E-state index contributed by atoms with van der Waals surface area (Å²) in [5.74, 6) is 0.515. The van der Waals surface area contributed by atoms with E-state index in [0.29, 0.717) is 50.2 Å². The van der Waals surface area contributed by atoms with Crippen molar-refractivity contribution in [2.24, 2.45) is 7.05 Å². The van der Waals surface area contributed by atoms with Crippen LogP contribution in [0.1, 0.15) is 16.7 Å². The van der Waals surface area contributed by atoms with Gasteiger partial charge in [0.15, 0.2) is 0 Å². The normalized spacial score (nSPS) is 12.1. The Balaban J connectivity index is 1.43. The number of nitrogens with zero attached hydrogens (tertiary/aromatic N) is 5. The Labute approximate surface area is 259 Å². The van der Waals surface area contributed by atoms with Crippen LogP contribution in [0.4, 0.5) is 18.3 Å². The second kappa shape index (κ2) is 11.6. The Morgan fingerprint density at radius 2 is 1.84 bits per heavy atom. The van der Waals surface area contributed by atoms with Gasteiger partial charge in [-0.1, -0.05) is 18.2 Å². The second-order valence-electron chi connectivity index (χ2n) is 10.0. The average molecular weight is 655 g/mol. The van der Waals surface area contributed by atoms with E-state index in [1.54, 1.807) is 43.6 Å². The minimum atomic E-state index is -4.54. The van der Waals surface area contributed by atoms with Crippen LogP contribution in [-0.2, 0) is 36.4 Å². The molecule has 2 N–H and O–H groups in total. The van der Waals surface area contributed by atoms with E-state index < -0.39 is 21.8 Å². The smallest absolute Gasteiger partial charge is 0.416 e. The van der Waals surface area contributed by atoms with E-state index in [0.717, 1.165) is 28.0 Å². The highest BCUT2D eigenvalue weighted by Crippen LogP contribution is 2.41. The maximum absolute atomic E-state index is 14.1. The number of halogens is 3. The van der Waals surface area contributed by atoms with Crippen LogP contribution in [0.25, 0.3) is 33.3 Å².